The van der Waals surface area contributed by atoms with Crippen molar-refractivity contribution in [1.82, 2.24) is 14.8 Å². The number of esters is 1. The maximum atomic E-state index is 13.1. The Labute approximate surface area is 208 Å². The van der Waals surface area contributed by atoms with Gasteiger partial charge in [0.15, 0.2) is 12.4 Å². The maximum absolute atomic E-state index is 13.1. The average molecular weight is 484 g/mol. The highest BCUT2D eigenvalue weighted by Crippen LogP contribution is 2.26. The second kappa shape index (κ2) is 10.0. The van der Waals surface area contributed by atoms with Crippen LogP contribution in [0, 0.1) is 6.92 Å². The molecule has 0 aliphatic carbocycles. The van der Waals surface area contributed by atoms with Gasteiger partial charge in [0, 0.05) is 37.1 Å². The van der Waals surface area contributed by atoms with Crippen molar-refractivity contribution in [3.63, 3.8) is 0 Å². The summed E-state index contributed by atoms with van der Waals surface area (Å²) in [5, 5.41) is 0.663. The highest BCUT2D eigenvalue weighted by atomic mass is 16.5. The van der Waals surface area contributed by atoms with Crippen molar-refractivity contribution in [1.29, 1.82) is 0 Å². The molecule has 8 nitrogen and oxygen atoms in total. The molecule has 4 aromatic rings. The monoisotopic (exact) mass is 483 g/mol. The average Bonchev–Trinajstić information content (AvgIpc) is 3.46. The number of rotatable bonds is 5. The van der Waals surface area contributed by atoms with Crippen molar-refractivity contribution in [3.05, 3.63) is 89.9 Å². The van der Waals surface area contributed by atoms with Crippen LogP contribution in [0.2, 0.25) is 0 Å². The zero-order valence-corrected chi connectivity index (χ0v) is 19.8. The summed E-state index contributed by atoms with van der Waals surface area (Å²) >= 11 is 0. The Morgan fingerprint density at radius 1 is 0.917 bits per heavy atom. The lowest BCUT2D eigenvalue weighted by molar-refractivity contribution is -0.136. The van der Waals surface area contributed by atoms with Crippen molar-refractivity contribution >= 4 is 28.7 Å². The number of furan rings is 1. The number of amides is 2. The minimum atomic E-state index is -0.582. The van der Waals surface area contributed by atoms with Crippen LogP contribution >= 0.6 is 0 Å². The number of aromatic nitrogens is 1. The summed E-state index contributed by atoms with van der Waals surface area (Å²) in [7, 11) is 0. The molecule has 0 bridgehead atoms. The Kier molecular flexibility index (Phi) is 6.49. The predicted molar refractivity (Wildman–Crippen MR) is 133 cm³/mol. The molecule has 1 aliphatic heterocycles. The number of fused-ring (bicyclic) bond motifs is 1. The van der Waals surface area contributed by atoms with Gasteiger partial charge in [-0.15, -0.1) is 0 Å². The molecule has 1 fully saturated rings. The van der Waals surface area contributed by atoms with Crippen LogP contribution in [0.5, 0.6) is 0 Å². The van der Waals surface area contributed by atoms with Gasteiger partial charge in [0.25, 0.3) is 11.8 Å². The fraction of sp³-hybridized carbons (Fsp3) is 0.214. The summed E-state index contributed by atoms with van der Waals surface area (Å²) in [4.78, 5) is 46.2. The van der Waals surface area contributed by atoms with E-state index in [1.165, 1.54) is 6.26 Å². The Hall–Kier alpha value is -4.46. The van der Waals surface area contributed by atoms with E-state index in [-0.39, 0.29) is 24.2 Å². The number of carbonyl (C=O) groups excluding carboxylic acids is 3. The molecule has 182 valence electrons. The maximum Gasteiger partial charge on any atom is 0.339 e. The molecule has 2 amide bonds. The summed E-state index contributed by atoms with van der Waals surface area (Å²) in [5.41, 5.74) is 3.70. The summed E-state index contributed by atoms with van der Waals surface area (Å²) < 4.78 is 10.6. The molecule has 8 heteroatoms. The van der Waals surface area contributed by atoms with E-state index < -0.39 is 5.97 Å². The van der Waals surface area contributed by atoms with E-state index in [4.69, 9.17) is 14.1 Å². The number of benzene rings is 2. The van der Waals surface area contributed by atoms with Gasteiger partial charge >= 0.3 is 5.97 Å². The SMILES string of the molecule is Cc1ccc(-c2cc(C(=O)OCC(=O)N3CCN(C(=O)c4ccco4)CC3)c3ccccc3n2)cc1. The molecule has 0 saturated carbocycles. The Bertz CT molecular complexity index is 1410. The number of ether oxygens (including phenoxy) is 1. The third kappa shape index (κ3) is 4.84. The number of aryl methyl sites for hydroxylation is 1. The first-order valence-corrected chi connectivity index (χ1v) is 11.7. The van der Waals surface area contributed by atoms with E-state index in [2.05, 4.69) is 0 Å². The summed E-state index contributed by atoms with van der Waals surface area (Å²) in [6, 6.07) is 20.2. The van der Waals surface area contributed by atoms with Gasteiger partial charge in [-0.2, -0.15) is 0 Å². The smallest absolute Gasteiger partial charge is 0.339 e. The molecular formula is C28H25N3O5. The van der Waals surface area contributed by atoms with Crippen molar-refractivity contribution in [2.75, 3.05) is 32.8 Å². The fourth-order valence-electron chi connectivity index (χ4n) is 4.23. The van der Waals surface area contributed by atoms with Crippen molar-refractivity contribution in [3.8, 4) is 11.3 Å². The molecule has 1 saturated heterocycles. The van der Waals surface area contributed by atoms with E-state index in [0.29, 0.717) is 48.3 Å². The molecule has 2 aromatic carbocycles. The van der Waals surface area contributed by atoms with Crippen molar-refractivity contribution in [2.45, 2.75) is 6.92 Å². The molecule has 0 spiro atoms. The van der Waals surface area contributed by atoms with Crippen LogP contribution in [0.1, 0.15) is 26.5 Å². The minimum Gasteiger partial charge on any atom is -0.459 e. The molecular weight excluding hydrogens is 458 g/mol. The van der Waals surface area contributed by atoms with E-state index in [1.54, 1.807) is 28.0 Å². The number of hydrogen-bond donors (Lipinski definition) is 0. The molecule has 1 aliphatic rings. The summed E-state index contributed by atoms with van der Waals surface area (Å²) in [6.45, 7) is 3.12. The quantitative estimate of drug-likeness (QED) is 0.399. The van der Waals surface area contributed by atoms with Gasteiger partial charge in [-0.1, -0.05) is 48.0 Å². The van der Waals surface area contributed by atoms with Gasteiger partial charge in [-0.3, -0.25) is 9.59 Å². The van der Waals surface area contributed by atoms with E-state index >= 15 is 0 Å². The normalized spacial score (nSPS) is 13.6. The first kappa shape index (κ1) is 23.3. The zero-order valence-electron chi connectivity index (χ0n) is 19.8. The highest BCUT2D eigenvalue weighted by Gasteiger charge is 2.27. The van der Waals surface area contributed by atoms with Crippen LogP contribution in [0.25, 0.3) is 22.2 Å². The predicted octanol–water partition coefficient (Wildman–Crippen LogP) is 3.94. The molecule has 2 aromatic heterocycles. The Morgan fingerprint density at radius 3 is 2.36 bits per heavy atom. The van der Waals surface area contributed by atoms with Gasteiger partial charge in [0.2, 0.25) is 0 Å². The lowest BCUT2D eigenvalue weighted by Crippen LogP contribution is -2.51. The van der Waals surface area contributed by atoms with E-state index in [1.807, 2.05) is 55.5 Å². The van der Waals surface area contributed by atoms with Crippen LogP contribution in [0.3, 0.4) is 0 Å². The minimum absolute atomic E-state index is 0.201. The van der Waals surface area contributed by atoms with Crippen LogP contribution < -0.4 is 0 Å². The molecule has 3 heterocycles. The molecule has 0 unspecified atom stereocenters. The summed E-state index contributed by atoms with van der Waals surface area (Å²) in [5.74, 6) is -0.807. The number of hydrogen-bond acceptors (Lipinski definition) is 6. The number of piperazine rings is 1. The van der Waals surface area contributed by atoms with Gasteiger partial charge in [-0.05, 0) is 31.2 Å². The lowest BCUT2D eigenvalue weighted by atomic mass is 10.0. The standard InChI is InChI=1S/C28H25N3O5/c1-19-8-10-20(11-9-19)24-17-22(21-5-2-3-6-23(21)29-24)28(34)36-18-26(32)30-12-14-31(15-13-30)27(33)25-7-4-16-35-25/h2-11,16-17H,12-15,18H2,1H3. The van der Waals surface area contributed by atoms with Gasteiger partial charge < -0.3 is 19.0 Å². The lowest BCUT2D eigenvalue weighted by Gasteiger charge is -2.34. The van der Waals surface area contributed by atoms with Crippen LogP contribution in [-0.2, 0) is 9.53 Å². The molecule has 0 N–H and O–H groups in total. The largest absolute Gasteiger partial charge is 0.459 e. The number of pyridine rings is 1. The van der Waals surface area contributed by atoms with E-state index in [0.717, 1.165) is 11.1 Å². The molecule has 0 atom stereocenters. The van der Waals surface area contributed by atoms with Crippen LogP contribution in [0.4, 0.5) is 0 Å². The van der Waals surface area contributed by atoms with E-state index in [9.17, 15) is 14.4 Å². The zero-order chi connectivity index (χ0) is 25.1. The van der Waals surface area contributed by atoms with Crippen molar-refractivity contribution in [2.24, 2.45) is 0 Å². The first-order valence-electron chi connectivity index (χ1n) is 11.7. The van der Waals surface area contributed by atoms with Crippen molar-refractivity contribution < 1.29 is 23.5 Å². The second-order valence-electron chi connectivity index (χ2n) is 8.66. The topological polar surface area (TPSA) is 93.0 Å². The molecule has 0 radical (unpaired) electrons. The fourth-order valence-corrected chi connectivity index (χ4v) is 4.23. The number of carbonyl (C=O) groups is 3. The van der Waals surface area contributed by atoms with Gasteiger partial charge in [0.05, 0.1) is 23.0 Å². The Balaban J connectivity index is 1.25. The van der Waals surface area contributed by atoms with Crippen LogP contribution in [0.15, 0.2) is 77.4 Å². The highest BCUT2D eigenvalue weighted by molar-refractivity contribution is 6.05. The number of para-hydroxylation sites is 1. The molecule has 5 rings (SSSR count). The summed E-state index contributed by atoms with van der Waals surface area (Å²) in [6.07, 6.45) is 1.46. The van der Waals surface area contributed by atoms with Gasteiger partial charge in [0.1, 0.15) is 0 Å². The molecule has 36 heavy (non-hydrogen) atoms. The third-order valence-electron chi connectivity index (χ3n) is 6.26. The van der Waals surface area contributed by atoms with Gasteiger partial charge in [-0.25, -0.2) is 9.78 Å². The van der Waals surface area contributed by atoms with Crippen LogP contribution in [-0.4, -0.2) is 65.4 Å². The third-order valence-corrected chi connectivity index (χ3v) is 6.26. The Morgan fingerprint density at radius 2 is 1.64 bits per heavy atom. The second-order valence-corrected chi connectivity index (χ2v) is 8.66. The number of nitrogens with zero attached hydrogens (tertiary/aromatic N) is 3. The first-order chi connectivity index (χ1) is 17.5.